The van der Waals surface area contributed by atoms with Gasteiger partial charge in [0.2, 0.25) is 0 Å². The summed E-state index contributed by atoms with van der Waals surface area (Å²) in [6.45, 7) is 1.81. The van der Waals surface area contributed by atoms with Crippen molar-refractivity contribution in [2.75, 3.05) is 0 Å². The van der Waals surface area contributed by atoms with Gasteiger partial charge in [-0.2, -0.15) is 0 Å². The van der Waals surface area contributed by atoms with Crippen molar-refractivity contribution in [1.29, 1.82) is 0 Å². The number of benzene rings is 1. The Kier molecular flexibility index (Phi) is 2.73. The summed E-state index contributed by atoms with van der Waals surface area (Å²) in [6, 6.07) is 5.06. The van der Waals surface area contributed by atoms with E-state index in [-0.39, 0.29) is 10.6 Å². The predicted octanol–water partition coefficient (Wildman–Crippen LogP) is 1.56. The zero-order chi connectivity index (χ0) is 11.9. The van der Waals surface area contributed by atoms with Gasteiger partial charge in [0.1, 0.15) is 0 Å². The van der Waals surface area contributed by atoms with E-state index >= 15 is 0 Å². The Bertz CT molecular complexity index is 654. The summed E-state index contributed by atoms with van der Waals surface area (Å²) in [6.07, 6.45) is 0. The van der Waals surface area contributed by atoms with Crippen molar-refractivity contribution in [2.45, 2.75) is 6.92 Å². The van der Waals surface area contributed by atoms with Crippen molar-refractivity contribution in [2.24, 2.45) is 7.05 Å². The molecule has 1 heterocycles. The van der Waals surface area contributed by atoms with Gasteiger partial charge >= 0.3 is 10.6 Å². The molecule has 0 saturated carbocycles. The zero-order valence-corrected chi connectivity index (χ0v) is 10.3. The maximum absolute atomic E-state index is 11.7. The summed E-state index contributed by atoms with van der Waals surface area (Å²) in [5.74, 6) is 0. The topological polar surface area (TPSA) is 44.0 Å². The Morgan fingerprint density at radius 3 is 2.50 bits per heavy atom. The lowest BCUT2D eigenvalue weighted by molar-refractivity contribution is 0.846. The van der Waals surface area contributed by atoms with Crippen LogP contribution in [0, 0.1) is 6.92 Å². The van der Waals surface area contributed by atoms with Gasteiger partial charge in [-0.05, 0) is 30.7 Å². The van der Waals surface area contributed by atoms with Crippen LogP contribution < -0.4 is 10.6 Å². The molecule has 6 heteroatoms. The molecule has 0 atom stereocenters. The third kappa shape index (κ3) is 1.72. The second kappa shape index (κ2) is 3.92. The van der Waals surface area contributed by atoms with Gasteiger partial charge in [0.05, 0.1) is 5.69 Å². The maximum atomic E-state index is 11.7. The van der Waals surface area contributed by atoms with E-state index < -0.39 is 0 Å². The zero-order valence-electron chi connectivity index (χ0n) is 8.73. The molecule has 1 aromatic carbocycles. The van der Waals surface area contributed by atoms with Gasteiger partial charge in [-0.1, -0.05) is 11.6 Å². The largest absolute Gasteiger partial charge is 0.345 e. The van der Waals surface area contributed by atoms with Gasteiger partial charge < -0.3 is 0 Å². The molecule has 0 unspecified atom stereocenters. The normalized spacial score (nSPS) is 10.7. The summed E-state index contributed by atoms with van der Waals surface area (Å²) < 4.78 is 2.45. The Balaban J connectivity index is 2.78. The van der Waals surface area contributed by atoms with Gasteiger partial charge in [0.15, 0.2) is 0 Å². The van der Waals surface area contributed by atoms with E-state index in [0.29, 0.717) is 10.7 Å². The molecule has 84 valence electrons. The van der Waals surface area contributed by atoms with E-state index in [4.69, 9.17) is 11.6 Å². The molecular weight excluding hydrogens is 248 g/mol. The van der Waals surface area contributed by atoms with Gasteiger partial charge in [0, 0.05) is 23.6 Å². The second-order valence-corrected chi connectivity index (χ2v) is 4.92. The van der Waals surface area contributed by atoms with E-state index in [9.17, 15) is 9.59 Å². The highest BCUT2D eigenvalue weighted by atomic mass is 35.5. The van der Waals surface area contributed by atoms with Crippen molar-refractivity contribution >= 4 is 23.1 Å². The third-order valence-corrected chi connectivity index (χ3v) is 3.26. The minimum atomic E-state index is -0.333. The molecule has 0 spiro atoms. The minimum Gasteiger partial charge on any atom is -0.255 e. The van der Waals surface area contributed by atoms with Crippen LogP contribution in [0.3, 0.4) is 0 Å². The summed E-state index contributed by atoms with van der Waals surface area (Å²) in [4.78, 5) is 23.1. The number of aryl methyl sites for hydroxylation is 2. The van der Waals surface area contributed by atoms with E-state index in [1.165, 1.54) is 3.96 Å². The summed E-state index contributed by atoms with van der Waals surface area (Å²) in [7, 11) is 1.57. The van der Waals surface area contributed by atoms with Crippen LogP contribution in [-0.2, 0) is 7.05 Å². The average Bonchev–Trinajstić information content (AvgIpc) is 2.43. The molecule has 0 aliphatic carbocycles. The van der Waals surface area contributed by atoms with Gasteiger partial charge in [0.25, 0.3) is 0 Å². The fraction of sp³-hybridized carbons (Fsp3) is 0.200. The molecule has 16 heavy (non-hydrogen) atoms. The lowest BCUT2D eigenvalue weighted by atomic mass is 10.2. The molecule has 0 amide bonds. The fourth-order valence-corrected chi connectivity index (χ4v) is 2.37. The number of aromatic nitrogens is 2. The fourth-order valence-electron chi connectivity index (χ4n) is 1.49. The van der Waals surface area contributed by atoms with Crippen molar-refractivity contribution in [1.82, 2.24) is 8.52 Å². The first-order valence-electron chi connectivity index (χ1n) is 4.56. The molecule has 4 nitrogen and oxygen atoms in total. The summed E-state index contributed by atoms with van der Waals surface area (Å²) >= 11 is 6.70. The van der Waals surface area contributed by atoms with Crippen LogP contribution in [0.1, 0.15) is 5.56 Å². The van der Waals surface area contributed by atoms with Crippen LogP contribution in [0.15, 0.2) is 27.8 Å². The van der Waals surface area contributed by atoms with Crippen LogP contribution >= 0.6 is 23.1 Å². The smallest absolute Gasteiger partial charge is 0.255 e. The lowest BCUT2D eigenvalue weighted by Gasteiger charge is -2.04. The molecule has 2 aromatic rings. The summed E-state index contributed by atoms with van der Waals surface area (Å²) in [5, 5.41) is 0.585. The highest BCUT2D eigenvalue weighted by Gasteiger charge is 2.11. The highest BCUT2D eigenvalue weighted by Crippen LogP contribution is 2.16. The number of rotatable bonds is 1. The lowest BCUT2D eigenvalue weighted by Crippen LogP contribution is -2.26. The highest BCUT2D eigenvalue weighted by molar-refractivity contribution is 7.03. The van der Waals surface area contributed by atoms with Gasteiger partial charge in [-0.3, -0.25) is 4.79 Å². The van der Waals surface area contributed by atoms with E-state index in [2.05, 4.69) is 0 Å². The van der Waals surface area contributed by atoms with E-state index in [0.717, 1.165) is 21.7 Å². The monoisotopic (exact) mass is 256 g/mol. The third-order valence-electron chi connectivity index (χ3n) is 2.26. The SMILES string of the molecule is Cc1cc(Cl)ccc1-n1c(=O)sn(C)c1=O. The van der Waals surface area contributed by atoms with Crippen LogP contribution in [0.4, 0.5) is 0 Å². The molecular formula is C10H9ClN2O2S. The Morgan fingerprint density at radius 2 is 2.00 bits per heavy atom. The molecule has 1 aromatic heterocycles. The maximum Gasteiger partial charge on any atom is 0.345 e. The molecule has 0 aliphatic heterocycles. The molecule has 2 rings (SSSR count). The summed E-state index contributed by atoms with van der Waals surface area (Å²) in [5.41, 5.74) is 1.04. The van der Waals surface area contributed by atoms with Crippen LogP contribution in [0.2, 0.25) is 5.02 Å². The molecule has 0 aliphatic rings. The standard InChI is InChI=1S/C10H9ClN2O2S/c1-6-5-7(11)3-4-8(6)13-9(14)12(2)16-10(13)15/h3-5H,1-2H3. The first-order valence-corrected chi connectivity index (χ1v) is 5.71. The second-order valence-electron chi connectivity index (χ2n) is 3.40. The number of nitrogens with zero attached hydrogens (tertiary/aromatic N) is 2. The Hall–Kier alpha value is -1.33. The molecule has 0 saturated heterocycles. The first-order chi connectivity index (χ1) is 7.50. The molecule has 0 radical (unpaired) electrons. The van der Waals surface area contributed by atoms with E-state index in [1.807, 2.05) is 6.92 Å². The number of hydrogen-bond acceptors (Lipinski definition) is 3. The van der Waals surface area contributed by atoms with Gasteiger partial charge in [-0.25, -0.2) is 13.3 Å². The molecule has 0 N–H and O–H groups in total. The Labute approximate surface area is 100 Å². The van der Waals surface area contributed by atoms with Crippen LogP contribution in [0.5, 0.6) is 0 Å². The van der Waals surface area contributed by atoms with Crippen molar-refractivity contribution in [3.63, 3.8) is 0 Å². The Morgan fingerprint density at radius 1 is 1.31 bits per heavy atom. The van der Waals surface area contributed by atoms with Gasteiger partial charge in [-0.15, -0.1) is 0 Å². The quantitative estimate of drug-likeness (QED) is 0.777. The average molecular weight is 257 g/mol. The van der Waals surface area contributed by atoms with Crippen molar-refractivity contribution in [3.05, 3.63) is 48.9 Å². The number of halogens is 1. The van der Waals surface area contributed by atoms with Crippen molar-refractivity contribution in [3.8, 4) is 5.69 Å². The predicted molar refractivity (Wildman–Crippen MR) is 64.9 cm³/mol. The minimum absolute atomic E-state index is 0.294. The van der Waals surface area contributed by atoms with Crippen LogP contribution in [0.25, 0.3) is 5.69 Å². The molecule has 0 bridgehead atoms. The first kappa shape index (κ1) is 11.2. The molecule has 0 fully saturated rings. The van der Waals surface area contributed by atoms with Crippen molar-refractivity contribution < 1.29 is 0 Å². The van der Waals surface area contributed by atoms with Crippen LogP contribution in [-0.4, -0.2) is 8.52 Å². The van der Waals surface area contributed by atoms with E-state index in [1.54, 1.807) is 25.2 Å². The number of hydrogen-bond donors (Lipinski definition) is 0.